The molecule has 0 atom stereocenters. The largest absolute Gasteiger partial charge is 2.00 e. The van der Waals surface area contributed by atoms with Crippen LogP contribution in [0.15, 0.2) is 56.2 Å². The second kappa shape index (κ2) is 21.1. The van der Waals surface area contributed by atoms with Gasteiger partial charge in [0.25, 0.3) is 0 Å². The van der Waals surface area contributed by atoms with E-state index in [1.807, 2.05) is 0 Å². The minimum Gasteiger partial charge on any atom is -0.505 e. The molecule has 2 aliphatic rings. The molecule has 4 N–H and O–H groups in total. The SMILES string of the molecule is C=CC(C=C)(C=N)c1ccc(Oc2c(Cl)c(Cl)c3c(c2Cl)-c2nc-3nc3[n-]c(nc4nc(nc5[n-]c(n2)c2c(Cl)c(Cl)c(O)c(Cl)c52)-c2c(Cl)c(Cl)c(Cl)c(Cl)c2-4)c2c(Cl)c(Cl)c(Cl)c(Cl)c32)c(C(C=C)(C=N)C=N)c1.[Zn+2]. The Bertz CT molecular complexity index is 4220. The Balaban J connectivity index is 0.00000722. The fraction of sp³-hybridized carbons (Fsp3) is 0.0408. The van der Waals surface area contributed by atoms with E-state index in [4.69, 9.17) is 223 Å². The second-order valence-corrected chi connectivity index (χ2v) is 21.6. The molecule has 28 heteroatoms. The van der Waals surface area contributed by atoms with Gasteiger partial charge < -0.3 is 56.0 Å². The van der Waals surface area contributed by atoms with Crippen LogP contribution in [-0.2, 0) is 30.3 Å². The van der Waals surface area contributed by atoms with Crippen LogP contribution in [0.1, 0.15) is 11.1 Å². The van der Waals surface area contributed by atoms with Gasteiger partial charge in [-0.1, -0.05) is 187 Å². The van der Waals surface area contributed by atoms with Crippen molar-refractivity contribution < 1.29 is 29.3 Å². The molecule has 0 fully saturated rings. The van der Waals surface area contributed by atoms with Crippen LogP contribution in [0, 0.1) is 16.2 Å². The minimum absolute atomic E-state index is 0. The summed E-state index contributed by atoms with van der Waals surface area (Å²) in [6, 6.07) is 4.74. The third-order valence-electron chi connectivity index (χ3n) is 12.5. The molecule has 0 spiro atoms. The molecule has 5 heterocycles. The van der Waals surface area contributed by atoms with E-state index in [0.29, 0.717) is 5.56 Å². The Morgan fingerprint density at radius 3 is 1.18 bits per heavy atom. The molecule has 10 rings (SSSR count). The van der Waals surface area contributed by atoms with Crippen LogP contribution in [0.5, 0.6) is 17.2 Å². The van der Waals surface area contributed by atoms with E-state index < -0.39 is 16.6 Å². The first-order chi connectivity index (χ1) is 36.1. The first-order valence-electron chi connectivity index (χ1n) is 20.9. The van der Waals surface area contributed by atoms with Gasteiger partial charge in [-0.2, -0.15) is 0 Å². The summed E-state index contributed by atoms with van der Waals surface area (Å²) in [5.74, 6) is -1.77. The third-order valence-corrected chi connectivity index (χ3v) is 18.5. The van der Waals surface area contributed by atoms with Crippen LogP contribution in [-0.4, -0.2) is 53.7 Å². The molecule has 2 aliphatic heterocycles. The Morgan fingerprint density at radius 1 is 0.442 bits per heavy atom. The molecule has 0 saturated carbocycles. The monoisotopic (exact) mass is 1350 g/mol. The summed E-state index contributed by atoms with van der Waals surface area (Å²) in [4.78, 5) is 38.3. The van der Waals surface area contributed by atoms with Crippen LogP contribution in [0.4, 0.5) is 0 Å². The standard InChI is InChI=1S/C49H19Cl14N11O2.Zn/c1-4-48(5-2,10-64)13-7-8-15(14(9-13)49(6-3,11-65)12-66)76-39-31(57)23-21(29(55)37(39)63)45-70-42-17-16(24(50)32(58)33(59)25(17)51)40(68-42)67-41-18-19(27(53)35(61)34(60)26(18)52)43(69-41)71-46-22-20(44(72-46)73-47(23)74-45)28(54)36(62)38(75)30(22)56;/h4-12,64-66H,1-3H2,(H-2,67,68,69,70,71,72,73,74,75);/q-2;+2. The normalized spacial score (nSPS) is 12.6. The first-order valence-corrected chi connectivity index (χ1v) is 26.2. The van der Waals surface area contributed by atoms with Gasteiger partial charge in [-0.3, -0.25) is 0 Å². The van der Waals surface area contributed by atoms with Gasteiger partial charge in [-0.15, -0.1) is 19.7 Å². The molecule has 8 aromatic rings. The van der Waals surface area contributed by atoms with Crippen molar-refractivity contribution in [3.8, 4) is 62.8 Å². The molecule has 0 unspecified atom stereocenters. The van der Waals surface area contributed by atoms with Crippen molar-refractivity contribution in [1.82, 2.24) is 39.9 Å². The van der Waals surface area contributed by atoms with Gasteiger partial charge in [0.1, 0.15) is 15.8 Å². The average molecular weight is 1360 g/mol. The fourth-order valence-electron chi connectivity index (χ4n) is 8.50. The minimum atomic E-state index is -1.59. The van der Waals surface area contributed by atoms with Gasteiger partial charge >= 0.3 is 19.5 Å². The van der Waals surface area contributed by atoms with E-state index in [1.165, 1.54) is 24.3 Å². The van der Waals surface area contributed by atoms with Crippen molar-refractivity contribution in [2.75, 3.05) is 0 Å². The van der Waals surface area contributed by atoms with Crippen molar-refractivity contribution >= 4 is 225 Å². The molecule has 77 heavy (non-hydrogen) atoms. The Morgan fingerprint density at radius 2 is 0.792 bits per heavy atom. The molecule has 382 valence electrons. The van der Waals surface area contributed by atoms with E-state index >= 15 is 0 Å². The second-order valence-electron chi connectivity index (χ2n) is 16.3. The number of phenolic OH excluding ortho intramolecular Hbond substituents is 1. The number of fused-ring (bicyclic) bond motifs is 20. The van der Waals surface area contributed by atoms with Crippen molar-refractivity contribution in [3.63, 3.8) is 0 Å². The molecule has 13 nitrogen and oxygen atoms in total. The summed E-state index contributed by atoms with van der Waals surface area (Å²) in [6.45, 7) is 11.7. The number of allylic oxidation sites excluding steroid dienone is 3. The zero-order valence-electron chi connectivity index (χ0n) is 37.7. The number of nitrogens with zero attached hydrogens (tertiary/aromatic N) is 8. The predicted molar refractivity (Wildman–Crippen MR) is 313 cm³/mol. The van der Waals surface area contributed by atoms with Crippen LogP contribution >= 0.6 is 162 Å². The molecule has 0 aliphatic carbocycles. The fourth-order valence-corrected chi connectivity index (χ4v) is 12.2. The first kappa shape index (κ1) is 57.7. The predicted octanol–water partition coefficient (Wildman–Crippen LogP) is 18.8. The van der Waals surface area contributed by atoms with Gasteiger partial charge in [-0.05, 0) is 17.7 Å². The average Bonchev–Trinajstić information content (AvgIpc) is 4.24. The quantitative estimate of drug-likeness (QED) is 0.0335. The Hall–Kier alpha value is -4.03. The number of phenols is 1. The molecular weight excluding hydrogens is 1340 g/mol. The van der Waals surface area contributed by atoms with Gasteiger partial charge in [-0.25, -0.2) is 9.97 Å². The topological polar surface area (TPSA) is 207 Å². The van der Waals surface area contributed by atoms with Crippen molar-refractivity contribution in [1.29, 1.82) is 16.2 Å². The summed E-state index contributed by atoms with van der Waals surface area (Å²) in [7, 11) is 0. The van der Waals surface area contributed by atoms with Crippen LogP contribution in [0.3, 0.4) is 0 Å². The van der Waals surface area contributed by atoms with Gasteiger partial charge in [0.15, 0.2) is 11.5 Å². The van der Waals surface area contributed by atoms with Crippen LogP contribution in [0.25, 0.3) is 89.7 Å². The summed E-state index contributed by atoms with van der Waals surface area (Å²) >= 11 is 96.6. The molecule has 8 bridgehead atoms. The summed E-state index contributed by atoms with van der Waals surface area (Å²) in [6.07, 6.45) is 7.45. The third kappa shape index (κ3) is 8.55. The molecule has 5 aromatic carbocycles. The number of nitrogens with one attached hydrogen (secondary N) is 3. The molecule has 0 saturated heterocycles. The maximum absolute atomic E-state index is 11.2. The van der Waals surface area contributed by atoms with Gasteiger partial charge in [0.2, 0.25) is 0 Å². The van der Waals surface area contributed by atoms with E-state index in [-0.39, 0.29) is 197 Å². The number of ether oxygens (including phenoxy) is 1. The van der Waals surface area contributed by atoms with E-state index in [1.54, 1.807) is 12.1 Å². The van der Waals surface area contributed by atoms with Crippen LogP contribution in [0.2, 0.25) is 70.3 Å². The molecule has 3 aromatic heterocycles. The number of aromatic hydroxyl groups is 1. The van der Waals surface area contributed by atoms with Crippen LogP contribution < -0.4 is 14.7 Å². The van der Waals surface area contributed by atoms with Gasteiger partial charge in [0.05, 0.1) is 94.4 Å². The number of rotatable bonds is 10. The van der Waals surface area contributed by atoms with E-state index in [9.17, 15) is 5.11 Å². The number of hydrogen-bond donors (Lipinski definition) is 4. The molecular formula is C49H19Cl14N11O2Zn. The van der Waals surface area contributed by atoms with Crippen molar-refractivity contribution in [2.24, 2.45) is 0 Å². The van der Waals surface area contributed by atoms with Gasteiger partial charge in [0, 0.05) is 90.6 Å². The van der Waals surface area contributed by atoms with E-state index in [0.717, 1.165) is 18.6 Å². The number of halogens is 14. The Kier molecular flexibility index (Phi) is 15.8. The number of benzene rings is 5. The summed E-state index contributed by atoms with van der Waals surface area (Å²) in [5.41, 5.74) is -3.02. The zero-order chi connectivity index (χ0) is 54.9. The maximum Gasteiger partial charge on any atom is 2.00 e. The summed E-state index contributed by atoms with van der Waals surface area (Å²) in [5, 5.41) is 33.3. The van der Waals surface area contributed by atoms with Crippen molar-refractivity contribution in [2.45, 2.75) is 10.8 Å². The summed E-state index contributed by atoms with van der Waals surface area (Å²) < 4.78 is 6.61. The zero-order valence-corrected chi connectivity index (χ0v) is 51.3. The number of aromatic nitrogens is 8. The Labute approximate surface area is 516 Å². The van der Waals surface area contributed by atoms with Crippen molar-refractivity contribution in [3.05, 3.63) is 138 Å². The smallest absolute Gasteiger partial charge is 0.505 e. The molecule has 0 radical (unpaired) electrons. The number of hydrogen-bond acceptors (Lipinski definition) is 11. The maximum atomic E-state index is 11.2. The van der Waals surface area contributed by atoms with E-state index in [2.05, 4.69) is 19.7 Å². The molecule has 0 amide bonds.